The summed E-state index contributed by atoms with van der Waals surface area (Å²) in [5, 5.41) is 7.83. The van der Waals surface area contributed by atoms with Crippen LogP contribution in [0.5, 0.6) is 0 Å². The number of nitrogens with zero attached hydrogens (tertiary/aromatic N) is 1. The average molecular weight is 504 g/mol. The van der Waals surface area contributed by atoms with Gasteiger partial charge < -0.3 is 20.1 Å². The molecule has 144 valence electrons. The Morgan fingerprint density at radius 1 is 1.16 bits per heavy atom. The highest BCUT2D eigenvalue weighted by Gasteiger charge is 2.01. The van der Waals surface area contributed by atoms with E-state index in [-0.39, 0.29) is 24.0 Å². The summed E-state index contributed by atoms with van der Waals surface area (Å²) in [4.78, 5) is 4.55. The van der Waals surface area contributed by atoms with Crippen LogP contribution in [0, 0.1) is 0 Å². The fourth-order valence-corrected chi connectivity index (χ4v) is 2.52. The van der Waals surface area contributed by atoms with E-state index in [1.165, 1.54) is 0 Å². The number of hydrogen-bond donors (Lipinski definition) is 2. The number of aryl methyl sites for hydroxylation is 1. The minimum atomic E-state index is 0. The molecule has 0 radical (unpaired) electrons. The lowest BCUT2D eigenvalue weighted by atomic mass is 10.1. The molecular weight excluding hydrogens is 476 g/mol. The molecule has 0 unspecified atom stereocenters. The lowest BCUT2D eigenvalue weighted by Gasteiger charge is -2.11. The number of halogens is 3. The number of aliphatic imine (C=N–C) groups is 1. The van der Waals surface area contributed by atoms with Gasteiger partial charge in [0.05, 0.1) is 19.8 Å². The zero-order valence-corrected chi connectivity index (χ0v) is 18.7. The zero-order valence-electron chi connectivity index (χ0n) is 14.8. The first-order valence-corrected chi connectivity index (χ1v) is 8.95. The molecule has 0 aromatic heterocycles. The standard InChI is InChI=1S/C17H27Cl2N3O2.HI/c1-3-20-17(22-9-10-24-12-11-23-2)21-8-4-5-14-6-7-15(18)13-16(14)19;/h6-7,13H,3-5,8-12H2,1-2H3,(H2,20,21,22);1H. The van der Waals surface area contributed by atoms with Gasteiger partial charge >= 0.3 is 0 Å². The van der Waals surface area contributed by atoms with Crippen LogP contribution in [0.3, 0.4) is 0 Å². The molecule has 0 heterocycles. The van der Waals surface area contributed by atoms with E-state index in [9.17, 15) is 0 Å². The Labute approximate surface area is 177 Å². The molecule has 0 bridgehead atoms. The van der Waals surface area contributed by atoms with Crippen molar-refractivity contribution in [2.75, 3.05) is 46.6 Å². The van der Waals surface area contributed by atoms with Gasteiger partial charge in [0.2, 0.25) is 0 Å². The molecule has 0 saturated carbocycles. The maximum Gasteiger partial charge on any atom is 0.191 e. The summed E-state index contributed by atoms with van der Waals surface area (Å²) in [5.74, 6) is 0.801. The van der Waals surface area contributed by atoms with Crippen LogP contribution in [0.4, 0.5) is 0 Å². The van der Waals surface area contributed by atoms with Gasteiger partial charge in [0.15, 0.2) is 5.96 Å². The molecule has 1 aromatic rings. The molecule has 1 aromatic carbocycles. The highest BCUT2D eigenvalue weighted by Crippen LogP contribution is 2.21. The fraction of sp³-hybridized carbons (Fsp3) is 0.588. The van der Waals surface area contributed by atoms with Crippen molar-refractivity contribution < 1.29 is 9.47 Å². The van der Waals surface area contributed by atoms with E-state index in [4.69, 9.17) is 32.7 Å². The molecule has 0 aliphatic rings. The van der Waals surface area contributed by atoms with E-state index in [0.717, 1.165) is 37.5 Å². The molecule has 0 aliphatic heterocycles. The Kier molecular flexibility index (Phi) is 15.8. The quantitative estimate of drug-likeness (QED) is 0.209. The Balaban J connectivity index is 0.00000576. The smallest absolute Gasteiger partial charge is 0.191 e. The Bertz CT molecular complexity index is 505. The SMILES string of the molecule is CCNC(=NCCCc1ccc(Cl)cc1Cl)NCCOCCOC.I. The molecule has 0 atom stereocenters. The molecule has 0 amide bonds. The van der Waals surface area contributed by atoms with E-state index in [1.807, 2.05) is 19.1 Å². The Morgan fingerprint density at radius 3 is 2.64 bits per heavy atom. The zero-order chi connectivity index (χ0) is 17.6. The molecule has 0 aliphatic carbocycles. The van der Waals surface area contributed by atoms with Gasteiger partial charge in [-0.25, -0.2) is 0 Å². The maximum absolute atomic E-state index is 6.17. The second-order valence-electron chi connectivity index (χ2n) is 5.13. The third-order valence-electron chi connectivity index (χ3n) is 3.20. The summed E-state index contributed by atoms with van der Waals surface area (Å²) < 4.78 is 10.3. The molecule has 0 fully saturated rings. The minimum Gasteiger partial charge on any atom is -0.382 e. The van der Waals surface area contributed by atoms with Crippen molar-refractivity contribution in [1.82, 2.24) is 10.6 Å². The van der Waals surface area contributed by atoms with Crippen LogP contribution in [-0.4, -0.2) is 52.5 Å². The average Bonchev–Trinajstić information content (AvgIpc) is 2.56. The van der Waals surface area contributed by atoms with Crippen molar-refractivity contribution in [1.29, 1.82) is 0 Å². The summed E-state index contributed by atoms with van der Waals surface area (Å²) in [5.41, 5.74) is 1.10. The first kappa shape index (κ1) is 24.7. The normalized spacial score (nSPS) is 11.1. The maximum atomic E-state index is 6.17. The third kappa shape index (κ3) is 11.9. The minimum absolute atomic E-state index is 0. The summed E-state index contributed by atoms with van der Waals surface area (Å²) in [6.45, 7) is 6.12. The molecule has 0 saturated heterocycles. The van der Waals surface area contributed by atoms with Crippen LogP contribution in [0.2, 0.25) is 10.0 Å². The summed E-state index contributed by atoms with van der Waals surface area (Å²) >= 11 is 12.1. The molecule has 25 heavy (non-hydrogen) atoms. The van der Waals surface area contributed by atoms with Gasteiger partial charge in [0.1, 0.15) is 0 Å². The van der Waals surface area contributed by atoms with Crippen molar-refractivity contribution in [2.24, 2.45) is 4.99 Å². The third-order valence-corrected chi connectivity index (χ3v) is 3.79. The molecular formula is C17H28Cl2IN3O2. The van der Waals surface area contributed by atoms with E-state index in [0.29, 0.717) is 36.4 Å². The fourth-order valence-electron chi connectivity index (χ4n) is 2.01. The summed E-state index contributed by atoms with van der Waals surface area (Å²) in [6, 6.07) is 5.60. The monoisotopic (exact) mass is 503 g/mol. The summed E-state index contributed by atoms with van der Waals surface area (Å²) in [6.07, 6.45) is 1.79. The second-order valence-corrected chi connectivity index (χ2v) is 5.98. The number of nitrogens with one attached hydrogen (secondary N) is 2. The number of rotatable bonds is 11. The van der Waals surface area contributed by atoms with Gasteiger partial charge in [0, 0.05) is 36.8 Å². The van der Waals surface area contributed by atoms with Crippen molar-refractivity contribution in [3.63, 3.8) is 0 Å². The van der Waals surface area contributed by atoms with Crippen molar-refractivity contribution in [2.45, 2.75) is 19.8 Å². The highest BCUT2D eigenvalue weighted by molar-refractivity contribution is 14.0. The van der Waals surface area contributed by atoms with E-state index < -0.39 is 0 Å². The Hall–Kier alpha value is -0.280. The van der Waals surface area contributed by atoms with Gasteiger partial charge in [-0.05, 0) is 37.5 Å². The van der Waals surface area contributed by atoms with Crippen molar-refractivity contribution >= 4 is 53.1 Å². The molecule has 5 nitrogen and oxygen atoms in total. The first-order valence-electron chi connectivity index (χ1n) is 8.20. The highest BCUT2D eigenvalue weighted by atomic mass is 127. The predicted octanol–water partition coefficient (Wildman–Crippen LogP) is 3.76. The molecule has 2 N–H and O–H groups in total. The topological polar surface area (TPSA) is 54.9 Å². The Morgan fingerprint density at radius 2 is 1.96 bits per heavy atom. The lowest BCUT2D eigenvalue weighted by Crippen LogP contribution is -2.39. The van der Waals surface area contributed by atoms with Crippen LogP contribution in [0.25, 0.3) is 0 Å². The number of guanidine groups is 1. The number of methoxy groups -OCH3 is 1. The second kappa shape index (κ2) is 15.9. The largest absolute Gasteiger partial charge is 0.382 e. The van der Waals surface area contributed by atoms with Gasteiger partial charge in [-0.1, -0.05) is 29.3 Å². The predicted molar refractivity (Wildman–Crippen MR) is 117 cm³/mol. The van der Waals surface area contributed by atoms with Gasteiger partial charge in [-0.2, -0.15) is 0 Å². The van der Waals surface area contributed by atoms with Crippen LogP contribution < -0.4 is 10.6 Å². The van der Waals surface area contributed by atoms with E-state index in [2.05, 4.69) is 15.6 Å². The first-order chi connectivity index (χ1) is 11.7. The molecule has 0 spiro atoms. The van der Waals surface area contributed by atoms with Crippen molar-refractivity contribution in [3.05, 3.63) is 33.8 Å². The van der Waals surface area contributed by atoms with Gasteiger partial charge in [-0.3, -0.25) is 4.99 Å². The van der Waals surface area contributed by atoms with Crippen molar-refractivity contribution in [3.8, 4) is 0 Å². The van der Waals surface area contributed by atoms with Gasteiger partial charge in [0.25, 0.3) is 0 Å². The van der Waals surface area contributed by atoms with Gasteiger partial charge in [-0.15, -0.1) is 24.0 Å². The molecule has 1 rings (SSSR count). The summed E-state index contributed by atoms with van der Waals surface area (Å²) in [7, 11) is 1.66. The lowest BCUT2D eigenvalue weighted by molar-refractivity contribution is 0.0733. The molecule has 8 heteroatoms. The van der Waals surface area contributed by atoms with Crippen LogP contribution in [0.15, 0.2) is 23.2 Å². The van der Waals surface area contributed by atoms with E-state index in [1.54, 1.807) is 13.2 Å². The van der Waals surface area contributed by atoms with Crippen LogP contribution in [0.1, 0.15) is 18.9 Å². The van der Waals surface area contributed by atoms with Crippen LogP contribution in [-0.2, 0) is 15.9 Å². The number of benzene rings is 1. The number of ether oxygens (including phenoxy) is 2. The number of hydrogen-bond acceptors (Lipinski definition) is 3. The van der Waals surface area contributed by atoms with E-state index >= 15 is 0 Å². The van der Waals surface area contributed by atoms with Crippen LogP contribution >= 0.6 is 47.2 Å².